The van der Waals surface area contributed by atoms with Gasteiger partial charge in [-0.2, -0.15) is 0 Å². The Bertz CT molecular complexity index is 609. The number of piperidine rings is 1. The number of nitrogens with one attached hydrogen (secondary N) is 1. The van der Waals surface area contributed by atoms with Gasteiger partial charge in [0.05, 0.1) is 0 Å². The summed E-state index contributed by atoms with van der Waals surface area (Å²) in [5, 5.41) is 3.05. The van der Waals surface area contributed by atoms with Crippen LogP contribution in [0.3, 0.4) is 0 Å². The van der Waals surface area contributed by atoms with Gasteiger partial charge < -0.3 is 15.1 Å². The molecule has 0 spiro atoms. The zero-order chi connectivity index (χ0) is 18.5. The van der Waals surface area contributed by atoms with Crippen molar-refractivity contribution in [2.45, 2.75) is 33.1 Å². The first-order valence-electron chi connectivity index (χ1n) is 9.91. The van der Waals surface area contributed by atoms with Gasteiger partial charge in [0.2, 0.25) is 11.8 Å². The Hall–Kier alpha value is -1.88. The van der Waals surface area contributed by atoms with E-state index in [4.69, 9.17) is 0 Å². The number of benzene rings is 1. The fraction of sp³-hybridized carbons (Fsp3) is 0.619. The maximum Gasteiger partial charge on any atom is 0.239 e. The van der Waals surface area contributed by atoms with Gasteiger partial charge in [0.15, 0.2) is 0 Å². The van der Waals surface area contributed by atoms with Crippen LogP contribution < -0.4 is 10.2 Å². The molecule has 2 fully saturated rings. The molecule has 1 aromatic carbocycles. The molecule has 0 aromatic heterocycles. The Balaban J connectivity index is 1.44. The molecule has 1 N–H and O–H groups in total. The van der Waals surface area contributed by atoms with E-state index in [2.05, 4.69) is 24.1 Å². The molecule has 0 unspecified atom stereocenters. The molecule has 142 valence electrons. The van der Waals surface area contributed by atoms with Crippen molar-refractivity contribution in [3.8, 4) is 0 Å². The van der Waals surface area contributed by atoms with E-state index in [1.54, 1.807) is 4.90 Å². The van der Waals surface area contributed by atoms with Gasteiger partial charge in [-0.3, -0.25) is 9.59 Å². The SMILES string of the molecule is CC(C)CN1CCC(CNC(=O)[C@H]2CCN(c3ccccc3)C2=O)CC1. The fourth-order valence-corrected chi connectivity index (χ4v) is 4.05. The van der Waals surface area contributed by atoms with E-state index in [1.807, 2.05) is 30.3 Å². The molecule has 0 saturated carbocycles. The number of likely N-dealkylation sites (tertiary alicyclic amines) is 1. The standard InChI is InChI=1S/C21H31N3O2/c1-16(2)15-23-11-8-17(9-12-23)14-22-20(25)19-10-13-24(21(19)26)18-6-4-3-5-7-18/h3-7,16-17,19H,8-15H2,1-2H3,(H,22,25)/t19-/m1/s1. The van der Waals surface area contributed by atoms with Crippen molar-refractivity contribution in [2.75, 3.05) is 37.6 Å². The van der Waals surface area contributed by atoms with Gasteiger partial charge in [0.1, 0.15) is 5.92 Å². The highest BCUT2D eigenvalue weighted by molar-refractivity contribution is 6.09. The third-order valence-corrected chi connectivity index (χ3v) is 5.49. The zero-order valence-corrected chi connectivity index (χ0v) is 16.0. The van der Waals surface area contributed by atoms with Crippen LogP contribution in [0.15, 0.2) is 30.3 Å². The Labute approximate surface area is 156 Å². The molecule has 0 radical (unpaired) electrons. The summed E-state index contributed by atoms with van der Waals surface area (Å²) < 4.78 is 0. The number of rotatable bonds is 6. The quantitative estimate of drug-likeness (QED) is 0.796. The highest BCUT2D eigenvalue weighted by Crippen LogP contribution is 2.25. The normalized spacial score (nSPS) is 22.2. The van der Waals surface area contributed by atoms with E-state index in [9.17, 15) is 9.59 Å². The summed E-state index contributed by atoms with van der Waals surface area (Å²) in [4.78, 5) is 29.4. The molecule has 0 bridgehead atoms. The topological polar surface area (TPSA) is 52.7 Å². The molecule has 2 aliphatic rings. The lowest BCUT2D eigenvalue weighted by Crippen LogP contribution is -2.42. The maximum atomic E-state index is 12.6. The van der Waals surface area contributed by atoms with Crippen LogP contribution in [0.4, 0.5) is 5.69 Å². The number of hydrogen-bond acceptors (Lipinski definition) is 3. The molecular weight excluding hydrogens is 326 g/mol. The monoisotopic (exact) mass is 357 g/mol. The minimum atomic E-state index is -0.531. The Kier molecular flexibility index (Phi) is 6.30. The number of anilines is 1. The summed E-state index contributed by atoms with van der Waals surface area (Å²) in [6, 6.07) is 9.61. The van der Waals surface area contributed by atoms with E-state index in [-0.39, 0.29) is 11.8 Å². The lowest BCUT2D eigenvalue weighted by molar-refractivity contribution is -0.132. The van der Waals surface area contributed by atoms with Crippen molar-refractivity contribution in [3.05, 3.63) is 30.3 Å². The Morgan fingerprint density at radius 1 is 1.12 bits per heavy atom. The number of carbonyl (C=O) groups excluding carboxylic acids is 2. The molecule has 2 aliphatic heterocycles. The third-order valence-electron chi connectivity index (χ3n) is 5.49. The molecule has 1 aromatic rings. The van der Waals surface area contributed by atoms with Gasteiger partial charge in [-0.1, -0.05) is 32.0 Å². The summed E-state index contributed by atoms with van der Waals surface area (Å²) in [5.41, 5.74) is 0.880. The van der Waals surface area contributed by atoms with E-state index in [1.165, 1.54) is 0 Å². The van der Waals surface area contributed by atoms with E-state index < -0.39 is 5.92 Å². The maximum absolute atomic E-state index is 12.6. The van der Waals surface area contributed by atoms with Crippen LogP contribution in [-0.2, 0) is 9.59 Å². The molecule has 3 rings (SSSR count). The second-order valence-corrected chi connectivity index (χ2v) is 8.05. The van der Waals surface area contributed by atoms with Crippen molar-refractivity contribution in [3.63, 3.8) is 0 Å². The van der Waals surface area contributed by atoms with E-state index >= 15 is 0 Å². The highest BCUT2D eigenvalue weighted by atomic mass is 16.2. The van der Waals surface area contributed by atoms with Crippen LogP contribution >= 0.6 is 0 Å². The van der Waals surface area contributed by atoms with Crippen LogP contribution in [-0.4, -0.2) is 49.4 Å². The summed E-state index contributed by atoms with van der Waals surface area (Å²) in [6.45, 7) is 9.21. The number of hydrogen-bond donors (Lipinski definition) is 1. The smallest absolute Gasteiger partial charge is 0.239 e. The molecule has 1 atom stereocenters. The first-order chi connectivity index (χ1) is 12.5. The van der Waals surface area contributed by atoms with Crippen LogP contribution in [0, 0.1) is 17.8 Å². The van der Waals surface area contributed by atoms with Crippen molar-refractivity contribution in [2.24, 2.45) is 17.8 Å². The van der Waals surface area contributed by atoms with Crippen molar-refractivity contribution < 1.29 is 9.59 Å². The molecule has 0 aliphatic carbocycles. The average Bonchev–Trinajstić information content (AvgIpc) is 3.03. The third kappa shape index (κ3) is 4.64. The second kappa shape index (κ2) is 8.67. The minimum Gasteiger partial charge on any atom is -0.355 e. The lowest BCUT2D eigenvalue weighted by Gasteiger charge is -2.33. The van der Waals surface area contributed by atoms with Crippen LogP contribution in [0.1, 0.15) is 33.1 Å². The first kappa shape index (κ1) is 18.9. The van der Waals surface area contributed by atoms with Gasteiger partial charge in [-0.15, -0.1) is 0 Å². The van der Waals surface area contributed by atoms with E-state index in [0.29, 0.717) is 31.3 Å². The predicted octanol–water partition coefficient (Wildman–Crippen LogP) is 2.52. The Morgan fingerprint density at radius 2 is 1.81 bits per heavy atom. The molecule has 26 heavy (non-hydrogen) atoms. The summed E-state index contributed by atoms with van der Waals surface area (Å²) in [7, 11) is 0. The summed E-state index contributed by atoms with van der Waals surface area (Å²) in [6.07, 6.45) is 2.86. The molecule has 2 heterocycles. The molecule has 2 amide bonds. The largest absolute Gasteiger partial charge is 0.355 e. The van der Waals surface area contributed by atoms with Crippen molar-refractivity contribution in [1.82, 2.24) is 10.2 Å². The number of carbonyl (C=O) groups is 2. The Morgan fingerprint density at radius 3 is 2.46 bits per heavy atom. The van der Waals surface area contributed by atoms with Gasteiger partial charge in [0, 0.05) is 25.3 Å². The summed E-state index contributed by atoms with van der Waals surface area (Å²) in [5.74, 6) is 0.533. The number of nitrogens with zero attached hydrogens (tertiary/aromatic N) is 2. The minimum absolute atomic E-state index is 0.0690. The van der Waals surface area contributed by atoms with Crippen LogP contribution in [0.2, 0.25) is 0 Å². The van der Waals surface area contributed by atoms with Crippen LogP contribution in [0.25, 0.3) is 0 Å². The number of amides is 2. The average molecular weight is 357 g/mol. The van der Waals surface area contributed by atoms with Crippen molar-refractivity contribution >= 4 is 17.5 Å². The van der Waals surface area contributed by atoms with E-state index in [0.717, 1.165) is 38.2 Å². The van der Waals surface area contributed by atoms with Crippen LogP contribution in [0.5, 0.6) is 0 Å². The van der Waals surface area contributed by atoms with Crippen molar-refractivity contribution in [1.29, 1.82) is 0 Å². The highest BCUT2D eigenvalue weighted by Gasteiger charge is 2.37. The summed E-state index contributed by atoms with van der Waals surface area (Å²) >= 11 is 0. The second-order valence-electron chi connectivity index (χ2n) is 8.05. The lowest BCUT2D eigenvalue weighted by atomic mass is 9.95. The van der Waals surface area contributed by atoms with Gasteiger partial charge in [-0.25, -0.2) is 0 Å². The predicted molar refractivity (Wildman–Crippen MR) is 104 cm³/mol. The number of para-hydroxylation sites is 1. The zero-order valence-electron chi connectivity index (χ0n) is 16.0. The van der Waals surface area contributed by atoms with Gasteiger partial charge >= 0.3 is 0 Å². The fourth-order valence-electron chi connectivity index (χ4n) is 4.05. The molecule has 2 saturated heterocycles. The molecular formula is C21H31N3O2. The molecule has 5 heteroatoms. The van der Waals surface area contributed by atoms with Gasteiger partial charge in [-0.05, 0) is 56.3 Å². The van der Waals surface area contributed by atoms with Gasteiger partial charge in [0.25, 0.3) is 0 Å². The first-order valence-corrected chi connectivity index (χ1v) is 9.91. The molecule has 5 nitrogen and oxygen atoms in total.